The molecule has 1 heterocycles. The number of hydrogen-bond donors (Lipinski definition) is 1. The molecule has 0 aliphatic carbocycles. The van der Waals surface area contributed by atoms with Crippen molar-refractivity contribution in [3.8, 4) is 11.5 Å². The van der Waals surface area contributed by atoms with E-state index in [2.05, 4.69) is 0 Å². The molecule has 1 N–H and O–H groups in total. The Morgan fingerprint density at radius 1 is 1.23 bits per heavy atom. The molecule has 0 fully saturated rings. The lowest BCUT2D eigenvalue weighted by Gasteiger charge is -2.53. The molecule has 0 saturated carbocycles. The fraction of sp³-hybridized carbons (Fsp3) is 0.294. The van der Waals surface area contributed by atoms with Crippen LogP contribution in [0.2, 0.25) is 0 Å². The summed E-state index contributed by atoms with van der Waals surface area (Å²) in [6, 6.07) is 12.9. The van der Waals surface area contributed by atoms with Crippen molar-refractivity contribution in [3.63, 3.8) is 0 Å². The van der Waals surface area contributed by atoms with Crippen LogP contribution in [-0.2, 0) is 4.87 Å². The first-order valence-corrected chi connectivity index (χ1v) is 7.91. The Labute approximate surface area is 134 Å². The maximum Gasteiger partial charge on any atom is 0.163 e. The normalized spacial score (nSPS) is 24.8. The van der Waals surface area contributed by atoms with Gasteiger partial charge < -0.3 is 20.1 Å². The Hall–Kier alpha value is -1.69. The van der Waals surface area contributed by atoms with Gasteiger partial charge in [0.25, 0.3) is 0 Å². The predicted molar refractivity (Wildman–Crippen MR) is 87.9 cm³/mol. The van der Waals surface area contributed by atoms with E-state index in [1.165, 1.54) is 18.9 Å². The molecular weight excluding hydrogens is 298 g/mol. The van der Waals surface area contributed by atoms with Crippen molar-refractivity contribution in [2.45, 2.75) is 29.7 Å². The number of phenols is 1. The van der Waals surface area contributed by atoms with E-state index in [1.54, 1.807) is 18.2 Å². The number of hydroxylamine groups is 2. The molecule has 2 unspecified atom stereocenters. The van der Waals surface area contributed by atoms with Crippen molar-refractivity contribution in [3.05, 3.63) is 58.8 Å². The van der Waals surface area contributed by atoms with E-state index in [1.807, 2.05) is 38.1 Å². The maximum absolute atomic E-state index is 12.9. The van der Waals surface area contributed by atoms with Gasteiger partial charge in [0.05, 0.1) is 12.0 Å². The molecule has 0 spiro atoms. The lowest BCUT2D eigenvalue weighted by atomic mass is 10.0. The number of ether oxygens (including phenoxy) is 1. The van der Waals surface area contributed by atoms with Crippen LogP contribution in [0, 0.1) is 5.21 Å². The molecule has 0 bridgehead atoms. The average molecular weight is 316 g/mol. The number of thioether (sulfide) groups is 1. The number of benzene rings is 2. The monoisotopic (exact) mass is 316 g/mol. The fourth-order valence-electron chi connectivity index (χ4n) is 2.91. The number of phenolic OH excluding ortho intramolecular Hbond substituents is 1. The van der Waals surface area contributed by atoms with E-state index in [4.69, 9.17) is 4.74 Å². The van der Waals surface area contributed by atoms with Gasteiger partial charge in [0.15, 0.2) is 11.5 Å². The molecule has 1 aliphatic heterocycles. The summed E-state index contributed by atoms with van der Waals surface area (Å²) in [5.74, 6) is 0.395. The molecule has 2 aromatic carbocycles. The minimum atomic E-state index is -0.910. The summed E-state index contributed by atoms with van der Waals surface area (Å²) in [5, 5.41) is 24.4. The van der Waals surface area contributed by atoms with E-state index in [-0.39, 0.29) is 11.8 Å². The summed E-state index contributed by atoms with van der Waals surface area (Å²) in [6.45, 7) is 3.73. The largest absolute Gasteiger partial charge is 0.784 e. The van der Waals surface area contributed by atoms with E-state index in [9.17, 15) is 10.3 Å². The van der Waals surface area contributed by atoms with Crippen LogP contribution in [0.25, 0.3) is 0 Å². The second kappa shape index (κ2) is 5.50. The second-order valence-corrected chi connectivity index (χ2v) is 6.92. The van der Waals surface area contributed by atoms with Crippen LogP contribution in [0.4, 0.5) is 0 Å². The Bertz CT molecular complexity index is 706. The molecule has 116 valence electrons. The van der Waals surface area contributed by atoms with Crippen LogP contribution in [0.5, 0.6) is 11.5 Å². The number of fused-ring (bicyclic) bond motifs is 1. The lowest BCUT2D eigenvalue weighted by molar-refractivity contribution is 0.190. The van der Waals surface area contributed by atoms with Crippen LogP contribution in [0.3, 0.4) is 0 Å². The SMILES string of the molecule is COc1cccc(C2(C)Sc3ccccc3C(C)N2[O-])c1O. The van der Waals surface area contributed by atoms with Crippen LogP contribution >= 0.6 is 11.8 Å². The van der Waals surface area contributed by atoms with E-state index in [0.29, 0.717) is 11.3 Å². The highest BCUT2D eigenvalue weighted by molar-refractivity contribution is 8.00. The highest BCUT2D eigenvalue weighted by Crippen LogP contribution is 2.55. The van der Waals surface area contributed by atoms with Gasteiger partial charge in [-0.2, -0.15) is 0 Å². The van der Waals surface area contributed by atoms with Crippen LogP contribution < -0.4 is 4.74 Å². The van der Waals surface area contributed by atoms with Crippen molar-refractivity contribution < 1.29 is 9.84 Å². The molecule has 0 aromatic heterocycles. The molecule has 22 heavy (non-hydrogen) atoms. The number of para-hydroxylation sites is 1. The number of nitrogens with zero attached hydrogens (tertiary/aromatic N) is 1. The maximum atomic E-state index is 12.9. The molecule has 0 amide bonds. The van der Waals surface area contributed by atoms with Gasteiger partial charge in [-0.1, -0.05) is 42.1 Å². The van der Waals surface area contributed by atoms with E-state index < -0.39 is 4.87 Å². The third-order valence-corrected chi connectivity index (χ3v) is 5.56. The second-order valence-electron chi connectivity index (χ2n) is 5.48. The number of methoxy groups -OCH3 is 1. The molecule has 3 rings (SSSR count). The quantitative estimate of drug-likeness (QED) is 0.898. The standard InChI is InChI=1S/C17H18NO3S/c1-11-12-7-4-5-10-15(12)22-17(2,18(11)20)13-8-6-9-14(21-3)16(13)19/h4-11,19H,1-3H3/q-1. The zero-order valence-corrected chi connectivity index (χ0v) is 13.6. The topological polar surface area (TPSA) is 55.8 Å². The van der Waals surface area contributed by atoms with Crippen LogP contribution in [0.1, 0.15) is 31.0 Å². The smallest absolute Gasteiger partial charge is 0.163 e. The zero-order valence-electron chi connectivity index (χ0n) is 12.7. The molecule has 4 nitrogen and oxygen atoms in total. The van der Waals surface area contributed by atoms with Gasteiger partial charge in [-0.3, -0.25) is 0 Å². The highest BCUT2D eigenvalue weighted by atomic mass is 32.2. The third kappa shape index (κ3) is 2.17. The fourth-order valence-corrected chi connectivity index (χ4v) is 4.36. The molecule has 2 aromatic rings. The minimum absolute atomic E-state index is 0.0208. The van der Waals surface area contributed by atoms with Gasteiger partial charge in [-0.25, -0.2) is 0 Å². The van der Waals surface area contributed by atoms with Gasteiger partial charge in [0.2, 0.25) is 0 Å². The van der Waals surface area contributed by atoms with Gasteiger partial charge in [-0.15, -0.1) is 0 Å². The predicted octanol–water partition coefficient (Wildman–Crippen LogP) is 4.24. The van der Waals surface area contributed by atoms with Gasteiger partial charge in [0.1, 0.15) is 0 Å². The lowest BCUT2D eigenvalue weighted by Crippen LogP contribution is -2.41. The summed E-state index contributed by atoms with van der Waals surface area (Å²) in [5.41, 5.74) is 1.58. The summed E-state index contributed by atoms with van der Waals surface area (Å²) in [6.07, 6.45) is 0. The summed E-state index contributed by atoms with van der Waals surface area (Å²) in [7, 11) is 1.50. The first kappa shape index (κ1) is 15.2. The first-order chi connectivity index (χ1) is 10.5. The molecule has 5 heteroatoms. The van der Waals surface area contributed by atoms with Crippen molar-refractivity contribution >= 4 is 11.8 Å². The van der Waals surface area contributed by atoms with Gasteiger partial charge in [-0.05, 0) is 31.5 Å². The van der Waals surface area contributed by atoms with E-state index >= 15 is 0 Å². The Balaban J connectivity index is 2.14. The minimum Gasteiger partial charge on any atom is -0.784 e. The summed E-state index contributed by atoms with van der Waals surface area (Å²) < 4.78 is 5.17. The Morgan fingerprint density at radius 2 is 1.95 bits per heavy atom. The van der Waals surface area contributed by atoms with Crippen LogP contribution in [-0.4, -0.2) is 17.3 Å². The number of aromatic hydroxyl groups is 1. The molecule has 0 radical (unpaired) electrons. The van der Waals surface area contributed by atoms with Crippen LogP contribution in [0.15, 0.2) is 47.4 Å². The van der Waals surface area contributed by atoms with Crippen molar-refractivity contribution in [1.29, 1.82) is 0 Å². The molecule has 1 aliphatic rings. The number of hydrogen-bond acceptors (Lipinski definition) is 5. The molecular formula is C17H18NO3S-. The summed E-state index contributed by atoms with van der Waals surface area (Å²) >= 11 is 1.46. The highest BCUT2D eigenvalue weighted by Gasteiger charge is 2.40. The van der Waals surface area contributed by atoms with Gasteiger partial charge >= 0.3 is 0 Å². The number of rotatable bonds is 2. The van der Waals surface area contributed by atoms with Crippen molar-refractivity contribution in [1.82, 2.24) is 5.06 Å². The van der Waals surface area contributed by atoms with Crippen molar-refractivity contribution in [2.75, 3.05) is 7.11 Å². The summed E-state index contributed by atoms with van der Waals surface area (Å²) in [4.78, 5) is 0.152. The van der Waals surface area contributed by atoms with E-state index in [0.717, 1.165) is 15.5 Å². The Morgan fingerprint density at radius 3 is 2.68 bits per heavy atom. The van der Waals surface area contributed by atoms with Gasteiger partial charge in [0, 0.05) is 16.5 Å². The van der Waals surface area contributed by atoms with Crippen molar-refractivity contribution in [2.24, 2.45) is 0 Å². The zero-order chi connectivity index (χ0) is 15.9. The Kier molecular flexibility index (Phi) is 3.80. The average Bonchev–Trinajstić information content (AvgIpc) is 2.53. The first-order valence-electron chi connectivity index (χ1n) is 7.10. The molecule has 2 atom stereocenters. The third-order valence-electron chi connectivity index (χ3n) is 4.17. The molecule has 0 saturated heterocycles.